The van der Waals surface area contributed by atoms with Gasteiger partial charge in [0, 0.05) is 29.6 Å². The summed E-state index contributed by atoms with van der Waals surface area (Å²) in [5.74, 6) is 0. The molecule has 0 fully saturated rings. The van der Waals surface area contributed by atoms with Crippen LogP contribution in [0.1, 0.15) is 19.8 Å². The summed E-state index contributed by atoms with van der Waals surface area (Å²) in [7, 11) is -2.35. The SMILES string of the molecule is CCCCO[PH](=O)ONCCN.[Ni]. The van der Waals surface area contributed by atoms with Crippen LogP contribution in [0, 0.1) is 0 Å². The first-order chi connectivity index (χ1) is 5.81. The maximum absolute atomic E-state index is 10.8. The normalized spacial score (nSPS) is 12.2. The molecule has 0 amide bonds. The molecule has 0 aliphatic carbocycles. The first-order valence-corrected chi connectivity index (χ1v) is 5.30. The van der Waals surface area contributed by atoms with E-state index in [1.54, 1.807) is 0 Å². The molecule has 84 valence electrons. The second kappa shape index (κ2) is 12.6. The molecule has 0 spiro atoms. The minimum absolute atomic E-state index is 0. The first kappa shape index (κ1) is 16.0. The van der Waals surface area contributed by atoms with Gasteiger partial charge >= 0.3 is 8.25 Å². The Morgan fingerprint density at radius 2 is 2.23 bits per heavy atom. The summed E-state index contributed by atoms with van der Waals surface area (Å²) >= 11 is 0. The molecule has 13 heavy (non-hydrogen) atoms. The molecule has 0 aliphatic rings. The Morgan fingerprint density at radius 1 is 1.54 bits per heavy atom. The Labute approximate surface area is 89.6 Å². The standard InChI is InChI=1S/C6H17N2O3P.Ni/c1-2-3-6-10-12(9)11-8-5-4-7;/h8,12H,2-7H2,1H3;. The van der Waals surface area contributed by atoms with Crippen LogP contribution in [0.25, 0.3) is 0 Å². The number of unbranched alkanes of at least 4 members (excludes halogenated alkanes) is 1. The van der Waals surface area contributed by atoms with Gasteiger partial charge in [0.25, 0.3) is 0 Å². The second-order valence-corrected chi connectivity index (χ2v) is 3.23. The monoisotopic (exact) mass is 254 g/mol. The van der Waals surface area contributed by atoms with Crippen LogP contribution in [0.4, 0.5) is 0 Å². The van der Waals surface area contributed by atoms with Crippen molar-refractivity contribution < 1.29 is 30.2 Å². The van der Waals surface area contributed by atoms with Gasteiger partial charge < -0.3 is 10.3 Å². The quantitative estimate of drug-likeness (QED) is 0.288. The molecule has 1 unspecified atom stereocenters. The number of hydroxylamine groups is 1. The van der Waals surface area contributed by atoms with E-state index in [1.165, 1.54) is 0 Å². The van der Waals surface area contributed by atoms with Crippen molar-refractivity contribution in [3.63, 3.8) is 0 Å². The zero-order chi connectivity index (χ0) is 9.23. The average molecular weight is 255 g/mol. The van der Waals surface area contributed by atoms with Gasteiger partial charge in [0.05, 0.1) is 6.61 Å². The molecular weight excluding hydrogens is 238 g/mol. The van der Waals surface area contributed by atoms with E-state index in [0.29, 0.717) is 19.7 Å². The topological polar surface area (TPSA) is 73.6 Å². The Hall–Kier alpha value is 0.564. The van der Waals surface area contributed by atoms with Crippen LogP contribution in [0.3, 0.4) is 0 Å². The van der Waals surface area contributed by atoms with E-state index >= 15 is 0 Å². The average Bonchev–Trinajstić information content (AvgIpc) is 2.06. The van der Waals surface area contributed by atoms with Crippen molar-refractivity contribution >= 4 is 8.25 Å². The van der Waals surface area contributed by atoms with Gasteiger partial charge in [-0.3, -0.25) is 4.57 Å². The summed E-state index contributed by atoms with van der Waals surface area (Å²) in [6.45, 7) is 3.45. The van der Waals surface area contributed by atoms with Crippen molar-refractivity contribution in [3.05, 3.63) is 0 Å². The zero-order valence-corrected chi connectivity index (χ0v) is 9.64. The van der Waals surface area contributed by atoms with E-state index < -0.39 is 8.25 Å². The fourth-order valence-electron chi connectivity index (χ4n) is 0.498. The smallest absolute Gasteiger partial charge is 0.329 e. The second-order valence-electron chi connectivity index (χ2n) is 2.24. The van der Waals surface area contributed by atoms with E-state index in [9.17, 15) is 4.57 Å². The molecule has 0 aromatic heterocycles. The summed E-state index contributed by atoms with van der Waals surface area (Å²) < 4.78 is 20.3. The number of nitrogens with two attached hydrogens (primary N) is 1. The first-order valence-electron chi connectivity index (χ1n) is 4.07. The minimum Gasteiger partial charge on any atom is -0.329 e. The molecule has 0 rings (SSSR count). The molecule has 0 aromatic rings. The van der Waals surface area contributed by atoms with Gasteiger partial charge in [0.2, 0.25) is 0 Å². The Bertz CT molecular complexity index is 116. The van der Waals surface area contributed by atoms with Crippen molar-refractivity contribution in [3.8, 4) is 0 Å². The summed E-state index contributed by atoms with van der Waals surface area (Å²) in [6, 6.07) is 0. The molecule has 0 bridgehead atoms. The van der Waals surface area contributed by atoms with Crippen molar-refractivity contribution in [2.45, 2.75) is 19.8 Å². The molecule has 3 N–H and O–H groups in total. The van der Waals surface area contributed by atoms with Crippen molar-refractivity contribution in [1.82, 2.24) is 5.48 Å². The number of hydrogen-bond acceptors (Lipinski definition) is 5. The van der Waals surface area contributed by atoms with Gasteiger partial charge in [-0.15, -0.1) is 0 Å². The van der Waals surface area contributed by atoms with Crippen molar-refractivity contribution in [1.29, 1.82) is 0 Å². The van der Waals surface area contributed by atoms with E-state index in [1.807, 2.05) is 6.92 Å². The maximum Gasteiger partial charge on any atom is 0.335 e. The van der Waals surface area contributed by atoms with Crippen LogP contribution in [-0.2, 0) is 30.2 Å². The van der Waals surface area contributed by atoms with Gasteiger partial charge in [0.1, 0.15) is 0 Å². The van der Waals surface area contributed by atoms with Crippen LogP contribution in [0.2, 0.25) is 0 Å². The summed E-state index contributed by atoms with van der Waals surface area (Å²) in [4.78, 5) is 0. The Morgan fingerprint density at radius 3 is 2.77 bits per heavy atom. The van der Waals surface area contributed by atoms with Crippen LogP contribution in [0.15, 0.2) is 0 Å². The third-order valence-electron chi connectivity index (χ3n) is 1.12. The molecule has 0 aliphatic heterocycles. The van der Waals surface area contributed by atoms with Crippen molar-refractivity contribution in [2.24, 2.45) is 5.73 Å². The predicted octanol–water partition coefficient (Wildman–Crippen LogP) is 0.670. The molecule has 0 aromatic carbocycles. The van der Waals surface area contributed by atoms with Crippen LogP contribution >= 0.6 is 8.25 Å². The number of nitrogens with one attached hydrogen (secondary N) is 1. The molecule has 7 heteroatoms. The van der Waals surface area contributed by atoms with Gasteiger partial charge in [-0.25, -0.2) is 4.62 Å². The zero-order valence-electron chi connectivity index (χ0n) is 7.65. The van der Waals surface area contributed by atoms with Gasteiger partial charge in [-0.05, 0) is 6.42 Å². The Kier molecular flexibility index (Phi) is 15.5. The molecule has 5 nitrogen and oxygen atoms in total. The van der Waals surface area contributed by atoms with E-state index in [0.717, 1.165) is 12.8 Å². The predicted molar refractivity (Wildman–Crippen MR) is 48.0 cm³/mol. The molecule has 0 radical (unpaired) electrons. The molecule has 0 saturated heterocycles. The molecule has 0 heterocycles. The molecule has 0 saturated carbocycles. The number of hydrogen-bond donors (Lipinski definition) is 2. The molecule has 1 atom stereocenters. The van der Waals surface area contributed by atoms with Gasteiger partial charge in [-0.2, -0.15) is 5.48 Å². The largest absolute Gasteiger partial charge is 0.335 e. The van der Waals surface area contributed by atoms with E-state index in [2.05, 4.69) is 10.1 Å². The minimum atomic E-state index is -2.35. The van der Waals surface area contributed by atoms with Crippen LogP contribution in [-0.4, -0.2) is 19.7 Å². The third kappa shape index (κ3) is 12.6. The van der Waals surface area contributed by atoms with Crippen LogP contribution < -0.4 is 11.2 Å². The fraction of sp³-hybridized carbons (Fsp3) is 1.00. The Balaban J connectivity index is 0. The third-order valence-corrected chi connectivity index (χ3v) is 1.87. The summed E-state index contributed by atoms with van der Waals surface area (Å²) in [5, 5.41) is 0. The van der Waals surface area contributed by atoms with Gasteiger partial charge in [0.15, 0.2) is 0 Å². The van der Waals surface area contributed by atoms with Crippen LogP contribution in [0.5, 0.6) is 0 Å². The van der Waals surface area contributed by atoms with Gasteiger partial charge in [-0.1, -0.05) is 13.3 Å². The summed E-state index contributed by atoms with van der Waals surface area (Å²) in [6.07, 6.45) is 1.92. The number of rotatable bonds is 8. The maximum atomic E-state index is 10.8. The molecular formula is C6H17N2NiO3P. The van der Waals surface area contributed by atoms with E-state index in [-0.39, 0.29) is 16.5 Å². The van der Waals surface area contributed by atoms with Crippen molar-refractivity contribution in [2.75, 3.05) is 19.7 Å². The fourth-order valence-corrected chi connectivity index (χ4v) is 1.09. The summed E-state index contributed by atoms with van der Waals surface area (Å²) in [5.41, 5.74) is 7.61. The van der Waals surface area contributed by atoms with E-state index in [4.69, 9.17) is 10.3 Å².